The molecule has 0 bridgehead atoms. The zero-order chi connectivity index (χ0) is 16.6. The smallest absolute Gasteiger partial charge is 0.318 e. The monoisotopic (exact) mass is 329 g/mol. The summed E-state index contributed by atoms with van der Waals surface area (Å²) in [6.07, 6.45) is 2.72. The van der Waals surface area contributed by atoms with Crippen molar-refractivity contribution < 1.29 is 14.3 Å². The van der Waals surface area contributed by atoms with Crippen LogP contribution in [0.3, 0.4) is 0 Å². The minimum Gasteiger partial charge on any atom is -0.408 e. The van der Waals surface area contributed by atoms with E-state index in [2.05, 4.69) is 27.2 Å². The lowest BCUT2D eigenvalue weighted by Crippen LogP contribution is -2.51. The van der Waals surface area contributed by atoms with Crippen molar-refractivity contribution in [2.24, 2.45) is 0 Å². The van der Waals surface area contributed by atoms with Crippen LogP contribution in [0.2, 0.25) is 0 Å². The summed E-state index contributed by atoms with van der Waals surface area (Å²) in [5.41, 5.74) is 0.884. The van der Waals surface area contributed by atoms with Gasteiger partial charge in [-0.25, -0.2) is 0 Å². The second-order valence-electron chi connectivity index (χ2n) is 6.88. The van der Waals surface area contributed by atoms with Crippen molar-refractivity contribution in [2.45, 2.75) is 50.4 Å². The van der Waals surface area contributed by atoms with Gasteiger partial charge in [-0.05, 0) is 18.4 Å². The number of ether oxygens (including phenoxy) is 1. The van der Waals surface area contributed by atoms with E-state index in [1.807, 2.05) is 18.2 Å². The van der Waals surface area contributed by atoms with Crippen LogP contribution in [0, 0.1) is 6.92 Å². The lowest BCUT2D eigenvalue weighted by molar-refractivity contribution is -0.173. The highest BCUT2D eigenvalue weighted by molar-refractivity contribution is 5.26. The van der Waals surface area contributed by atoms with Gasteiger partial charge in [-0.15, -0.1) is 5.10 Å². The van der Waals surface area contributed by atoms with Crippen molar-refractivity contribution in [1.82, 2.24) is 10.2 Å². The van der Waals surface area contributed by atoms with E-state index in [0.717, 1.165) is 31.5 Å². The Morgan fingerprint density at radius 2 is 1.92 bits per heavy atom. The van der Waals surface area contributed by atoms with Gasteiger partial charge in [-0.2, -0.15) is 0 Å². The van der Waals surface area contributed by atoms with Gasteiger partial charge in [0.1, 0.15) is 0 Å². The average molecular weight is 329 g/mol. The maximum atomic E-state index is 10.4. The van der Waals surface area contributed by atoms with E-state index in [1.165, 1.54) is 0 Å². The fraction of sp³-hybridized carbons (Fsp3) is 0.556. The first-order valence-corrected chi connectivity index (χ1v) is 8.59. The molecule has 0 radical (unpaired) electrons. The van der Waals surface area contributed by atoms with Crippen LogP contribution in [-0.4, -0.2) is 40.1 Å². The molecule has 1 aromatic heterocycles. The van der Waals surface area contributed by atoms with Crippen molar-refractivity contribution >= 4 is 6.01 Å². The molecule has 2 fully saturated rings. The van der Waals surface area contributed by atoms with Gasteiger partial charge < -0.3 is 19.2 Å². The fourth-order valence-electron chi connectivity index (χ4n) is 3.87. The summed E-state index contributed by atoms with van der Waals surface area (Å²) in [6.45, 7) is 3.40. The Labute approximate surface area is 141 Å². The largest absolute Gasteiger partial charge is 0.408 e. The van der Waals surface area contributed by atoms with E-state index in [4.69, 9.17) is 9.15 Å². The molecule has 3 heterocycles. The molecule has 0 aliphatic carbocycles. The second kappa shape index (κ2) is 6.18. The molecular weight excluding hydrogens is 306 g/mol. The molecule has 24 heavy (non-hydrogen) atoms. The lowest BCUT2D eigenvalue weighted by atomic mass is 9.81. The predicted octanol–water partition coefficient (Wildman–Crippen LogP) is 2.63. The Morgan fingerprint density at radius 3 is 2.58 bits per heavy atom. The summed E-state index contributed by atoms with van der Waals surface area (Å²) in [5.74, 6) is 0.582. The van der Waals surface area contributed by atoms with Crippen LogP contribution in [0.15, 0.2) is 34.7 Å². The highest BCUT2D eigenvalue weighted by Crippen LogP contribution is 2.43. The molecule has 0 saturated carbocycles. The Hall–Kier alpha value is -1.92. The third-order valence-electron chi connectivity index (χ3n) is 5.12. The molecule has 6 nitrogen and oxygen atoms in total. The molecule has 1 N–H and O–H groups in total. The Kier molecular flexibility index (Phi) is 4.02. The van der Waals surface area contributed by atoms with Crippen molar-refractivity contribution in [2.75, 3.05) is 18.0 Å². The lowest BCUT2D eigenvalue weighted by Gasteiger charge is -2.47. The molecule has 1 spiro atoms. The summed E-state index contributed by atoms with van der Waals surface area (Å²) >= 11 is 0. The number of aliphatic hydroxyl groups excluding tert-OH is 1. The number of hydrogen-bond donors (Lipinski definition) is 1. The van der Waals surface area contributed by atoms with E-state index in [0.29, 0.717) is 24.7 Å². The Balaban J connectivity index is 1.47. The molecule has 0 amide bonds. The predicted molar refractivity (Wildman–Crippen MR) is 88.7 cm³/mol. The molecule has 2 aliphatic heterocycles. The number of piperidine rings is 1. The number of rotatable bonds is 2. The minimum absolute atomic E-state index is 0.0350. The number of anilines is 1. The number of hydrogen-bond acceptors (Lipinski definition) is 6. The summed E-state index contributed by atoms with van der Waals surface area (Å²) in [5, 5.41) is 18.4. The zero-order valence-electron chi connectivity index (χ0n) is 13.9. The highest BCUT2D eigenvalue weighted by Gasteiger charge is 2.44. The summed E-state index contributed by atoms with van der Waals surface area (Å²) in [7, 11) is 0. The third kappa shape index (κ3) is 3.03. The maximum absolute atomic E-state index is 10.4. The highest BCUT2D eigenvalue weighted by atomic mass is 16.5. The summed E-state index contributed by atoms with van der Waals surface area (Å²) < 4.78 is 12.0. The quantitative estimate of drug-likeness (QED) is 0.913. The van der Waals surface area contributed by atoms with E-state index in [9.17, 15) is 5.11 Å². The molecule has 2 atom stereocenters. The number of aliphatic hydroxyl groups is 1. The van der Waals surface area contributed by atoms with Crippen LogP contribution < -0.4 is 4.90 Å². The average Bonchev–Trinajstić information content (AvgIpc) is 3.02. The normalized spacial score (nSPS) is 26.7. The van der Waals surface area contributed by atoms with Gasteiger partial charge in [0.2, 0.25) is 5.89 Å². The van der Waals surface area contributed by atoms with Crippen molar-refractivity contribution in [1.29, 1.82) is 0 Å². The number of aryl methyl sites for hydroxylation is 1. The summed E-state index contributed by atoms with van der Waals surface area (Å²) in [6, 6.07) is 10.8. The van der Waals surface area contributed by atoms with Crippen LogP contribution in [0.25, 0.3) is 0 Å². The standard InChI is InChI=1S/C18H23N3O3/c1-13-19-20-17(23-13)21-9-7-18(8-10-21)12-15(22)11-16(24-18)14-5-3-2-4-6-14/h2-6,15-16,22H,7-12H2,1H3/t15-,16-/m1/s1. The number of aromatic nitrogens is 2. The Morgan fingerprint density at radius 1 is 1.17 bits per heavy atom. The molecule has 6 heteroatoms. The summed E-state index contributed by atoms with van der Waals surface area (Å²) in [4.78, 5) is 2.10. The van der Waals surface area contributed by atoms with Gasteiger partial charge in [0.25, 0.3) is 0 Å². The van der Waals surface area contributed by atoms with Gasteiger partial charge in [0, 0.05) is 32.9 Å². The van der Waals surface area contributed by atoms with Crippen LogP contribution in [0.1, 0.15) is 43.2 Å². The molecule has 2 aliphatic rings. The Bertz CT molecular complexity index is 680. The molecule has 2 saturated heterocycles. The first-order valence-electron chi connectivity index (χ1n) is 8.59. The van der Waals surface area contributed by atoms with Gasteiger partial charge in [0.15, 0.2) is 0 Å². The van der Waals surface area contributed by atoms with Crippen LogP contribution in [0.4, 0.5) is 6.01 Å². The molecule has 2 aromatic rings. The number of benzene rings is 1. The number of nitrogens with zero attached hydrogens (tertiary/aromatic N) is 3. The SMILES string of the molecule is Cc1nnc(N2CCC3(CC2)C[C@H](O)C[C@H](c2ccccc2)O3)o1. The van der Waals surface area contributed by atoms with Crippen molar-refractivity contribution in [3.8, 4) is 0 Å². The fourth-order valence-corrected chi connectivity index (χ4v) is 3.87. The van der Waals surface area contributed by atoms with E-state index < -0.39 is 0 Å². The van der Waals surface area contributed by atoms with Crippen LogP contribution >= 0.6 is 0 Å². The van der Waals surface area contributed by atoms with E-state index in [-0.39, 0.29) is 17.8 Å². The zero-order valence-corrected chi connectivity index (χ0v) is 13.9. The van der Waals surface area contributed by atoms with Crippen molar-refractivity contribution in [3.63, 3.8) is 0 Å². The molecule has 4 rings (SSSR count). The molecule has 1 aromatic carbocycles. The van der Waals surface area contributed by atoms with Gasteiger partial charge >= 0.3 is 6.01 Å². The minimum atomic E-state index is -0.318. The van der Waals surface area contributed by atoms with Gasteiger partial charge in [-0.3, -0.25) is 0 Å². The van der Waals surface area contributed by atoms with Crippen LogP contribution in [0.5, 0.6) is 0 Å². The molecular formula is C18H23N3O3. The third-order valence-corrected chi connectivity index (χ3v) is 5.12. The topological polar surface area (TPSA) is 71.6 Å². The first-order chi connectivity index (χ1) is 11.6. The van der Waals surface area contributed by atoms with Gasteiger partial charge in [0.05, 0.1) is 17.8 Å². The first kappa shape index (κ1) is 15.6. The van der Waals surface area contributed by atoms with E-state index in [1.54, 1.807) is 6.92 Å². The van der Waals surface area contributed by atoms with Crippen molar-refractivity contribution in [3.05, 3.63) is 41.8 Å². The molecule has 128 valence electrons. The van der Waals surface area contributed by atoms with E-state index >= 15 is 0 Å². The molecule has 0 unspecified atom stereocenters. The van der Waals surface area contributed by atoms with Crippen LogP contribution in [-0.2, 0) is 4.74 Å². The second-order valence-corrected chi connectivity index (χ2v) is 6.88. The maximum Gasteiger partial charge on any atom is 0.318 e. The van der Waals surface area contributed by atoms with Gasteiger partial charge in [-0.1, -0.05) is 35.4 Å².